The molecule has 1 aromatic carbocycles. The Kier molecular flexibility index (Phi) is 7.81. The van der Waals surface area contributed by atoms with Gasteiger partial charge >= 0.3 is 5.97 Å². The first-order valence-corrected chi connectivity index (χ1v) is 13.2. The van der Waals surface area contributed by atoms with Crippen LogP contribution >= 0.6 is 11.6 Å². The lowest BCUT2D eigenvalue weighted by Crippen LogP contribution is -2.42. The fraction of sp³-hybridized carbons (Fsp3) is 0.333. The van der Waals surface area contributed by atoms with E-state index in [2.05, 4.69) is 16.0 Å². The third-order valence-corrected chi connectivity index (χ3v) is 7.55. The van der Waals surface area contributed by atoms with Crippen LogP contribution in [0.4, 0.5) is 0 Å². The van der Waals surface area contributed by atoms with E-state index >= 15 is 0 Å². The molecule has 1 saturated heterocycles. The number of benzene rings is 1. The second-order valence-corrected chi connectivity index (χ2v) is 10.3. The maximum atomic E-state index is 11.4. The van der Waals surface area contributed by atoms with Crippen LogP contribution in [0.25, 0.3) is 5.57 Å². The van der Waals surface area contributed by atoms with E-state index in [1.54, 1.807) is 6.20 Å². The van der Waals surface area contributed by atoms with Gasteiger partial charge in [0.15, 0.2) is 6.10 Å². The Morgan fingerprint density at radius 3 is 2.79 bits per heavy atom. The van der Waals surface area contributed by atoms with Gasteiger partial charge in [0.1, 0.15) is 11.9 Å². The molecule has 0 bridgehead atoms. The van der Waals surface area contributed by atoms with Crippen LogP contribution in [0, 0.1) is 0 Å². The number of ether oxygens (including phenoxy) is 2. The second kappa shape index (κ2) is 11.3. The van der Waals surface area contributed by atoms with E-state index < -0.39 is 23.8 Å². The molecule has 2 aliphatic heterocycles. The van der Waals surface area contributed by atoms with Gasteiger partial charge in [-0.2, -0.15) is 0 Å². The van der Waals surface area contributed by atoms with Crippen molar-refractivity contribution >= 4 is 23.1 Å². The quantitative estimate of drug-likeness (QED) is 0.509. The molecular weight excluding hydrogens is 504 g/mol. The first-order valence-electron chi connectivity index (χ1n) is 12.9. The van der Waals surface area contributed by atoms with Gasteiger partial charge in [-0.25, -0.2) is 9.78 Å². The number of carboxylic acids is 1. The van der Waals surface area contributed by atoms with Crippen LogP contribution in [0.3, 0.4) is 0 Å². The lowest BCUT2D eigenvalue weighted by Gasteiger charge is -2.38. The molecule has 2 unspecified atom stereocenters. The summed E-state index contributed by atoms with van der Waals surface area (Å²) in [7, 11) is 0. The minimum absolute atomic E-state index is 0.502. The van der Waals surface area contributed by atoms with Crippen molar-refractivity contribution in [3.63, 3.8) is 0 Å². The van der Waals surface area contributed by atoms with Crippen molar-refractivity contribution in [1.82, 2.24) is 9.88 Å². The number of allylic oxidation sites excluding steroid dienone is 4. The highest BCUT2D eigenvalue weighted by Gasteiger charge is 2.34. The third kappa shape index (κ3) is 5.76. The Morgan fingerprint density at radius 1 is 1.29 bits per heavy atom. The third-order valence-electron chi connectivity index (χ3n) is 7.30. The first-order chi connectivity index (χ1) is 18.3. The Bertz CT molecular complexity index is 1310. The van der Waals surface area contributed by atoms with E-state index in [1.165, 1.54) is 6.92 Å². The Morgan fingerprint density at radius 2 is 2.05 bits per heavy atom. The molecule has 8 heteroatoms. The van der Waals surface area contributed by atoms with Crippen molar-refractivity contribution in [2.75, 3.05) is 19.6 Å². The summed E-state index contributed by atoms with van der Waals surface area (Å²) in [5.74, 6) is 0.0772. The molecule has 0 spiro atoms. The number of fused-ring (bicyclic) bond motifs is 2. The summed E-state index contributed by atoms with van der Waals surface area (Å²) in [5, 5.41) is 21.2. The number of aliphatic carboxylic acids is 1. The summed E-state index contributed by atoms with van der Waals surface area (Å²) in [5.41, 5.74) is 2.67. The van der Waals surface area contributed by atoms with Gasteiger partial charge in [-0.05, 0) is 73.7 Å². The number of piperidine rings is 1. The molecule has 1 aromatic heterocycles. The monoisotopic (exact) mass is 534 g/mol. The fourth-order valence-corrected chi connectivity index (χ4v) is 5.16. The van der Waals surface area contributed by atoms with Gasteiger partial charge in [0.05, 0.1) is 5.60 Å². The topological polar surface area (TPSA) is 92.1 Å². The van der Waals surface area contributed by atoms with Crippen molar-refractivity contribution in [2.45, 2.75) is 44.0 Å². The molecule has 198 valence electrons. The van der Waals surface area contributed by atoms with Gasteiger partial charge < -0.3 is 24.6 Å². The van der Waals surface area contributed by atoms with Crippen molar-refractivity contribution in [2.24, 2.45) is 0 Å². The van der Waals surface area contributed by atoms with Crippen LogP contribution in [0.15, 0.2) is 84.3 Å². The van der Waals surface area contributed by atoms with Crippen LogP contribution in [0.5, 0.6) is 5.88 Å². The van der Waals surface area contributed by atoms with Gasteiger partial charge in [0.25, 0.3) is 0 Å². The zero-order valence-electron chi connectivity index (χ0n) is 21.2. The number of carboxylic acid groups (broad SMARTS) is 1. The molecule has 3 aliphatic rings. The maximum absolute atomic E-state index is 11.4. The Labute approximate surface area is 227 Å². The number of carbonyl (C=O) groups is 1. The van der Waals surface area contributed by atoms with E-state index in [0.29, 0.717) is 29.5 Å². The first kappa shape index (κ1) is 26.4. The molecule has 3 heterocycles. The van der Waals surface area contributed by atoms with Crippen LogP contribution in [0.1, 0.15) is 37.3 Å². The number of aromatic nitrogens is 1. The van der Waals surface area contributed by atoms with Crippen LogP contribution < -0.4 is 4.74 Å². The average Bonchev–Trinajstić information content (AvgIpc) is 3.07. The number of likely N-dealkylation sites (tertiary alicyclic amines) is 1. The number of halogens is 1. The minimum atomic E-state index is -1.02. The van der Waals surface area contributed by atoms with E-state index in [4.69, 9.17) is 21.1 Å². The van der Waals surface area contributed by atoms with Gasteiger partial charge in [-0.15, -0.1) is 0 Å². The van der Waals surface area contributed by atoms with Crippen molar-refractivity contribution in [3.8, 4) is 5.88 Å². The molecule has 0 radical (unpaired) electrons. The summed E-state index contributed by atoms with van der Waals surface area (Å²) < 4.78 is 12.0. The van der Waals surface area contributed by atoms with E-state index in [1.807, 2.05) is 60.7 Å². The minimum Gasteiger partial charge on any atom is -0.479 e. The molecular formula is C30H31ClN2O5. The second-order valence-electron chi connectivity index (χ2n) is 9.84. The average molecular weight is 535 g/mol. The molecule has 2 N–H and O–H groups in total. The molecule has 7 nitrogen and oxygen atoms in total. The molecule has 2 atom stereocenters. The summed E-state index contributed by atoms with van der Waals surface area (Å²) in [6, 6.07) is 11.3. The summed E-state index contributed by atoms with van der Waals surface area (Å²) in [6.45, 7) is 3.96. The summed E-state index contributed by atoms with van der Waals surface area (Å²) in [6.07, 6.45) is 11.9. The van der Waals surface area contributed by atoms with Gasteiger partial charge in [-0.3, -0.25) is 0 Å². The highest BCUT2D eigenvalue weighted by atomic mass is 35.5. The number of pyridine rings is 1. The van der Waals surface area contributed by atoms with Crippen molar-refractivity contribution in [1.29, 1.82) is 0 Å². The summed E-state index contributed by atoms with van der Waals surface area (Å²) in [4.78, 5) is 18.2. The highest BCUT2D eigenvalue weighted by Crippen LogP contribution is 2.37. The van der Waals surface area contributed by atoms with Crippen molar-refractivity contribution in [3.05, 3.63) is 100 Å². The SMILES string of the molecule is CC(OC1C=CC=C2Oc3ncccc3C(=CCCN3CCC(O)(c4ccc(Cl)cc4)CC3)C=C21)C(=O)O. The van der Waals surface area contributed by atoms with Crippen LogP contribution in [0.2, 0.25) is 5.02 Å². The number of hydrogen-bond acceptors (Lipinski definition) is 6. The predicted molar refractivity (Wildman–Crippen MR) is 146 cm³/mol. The van der Waals surface area contributed by atoms with Crippen molar-refractivity contribution < 1.29 is 24.5 Å². The Hall–Kier alpha value is -3.23. The fourth-order valence-electron chi connectivity index (χ4n) is 5.04. The number of nitrogens with zero attached hydrogens (tertiary/aromatic N) is 2. The molecule has 2 aromatic rings. The van der Waals surface area contributed by atoms with Gasteiger partial charge in [0, 0.05) is 42.0 Å². The largest absolute Gasteiger partial charge is 0.479 e. The number of rotatable bonds is 7. The standard InChI is InChI=1S/C30H31ClN2O5/c1-20(29(34)35)37-26-7-2-8-27-25(26)19-21(24-6-3-15-32-28(24)38-27)5-4-16-33-17-13-30(36,14-18-33)22-9-11-23(31)12-10-22/h2-3,5-12,15,19-20,26,36H,4,13-14,16-18H2,1H3,(H,34,35). The lowest BCUT2D eigenvalue weighted by atomic mass is 9.84. The molecule has 38 heavy (non-hydrogen) atoms. The lowest BCUT2D eigenvalue weighted by molar-refractivity contribution is -0.150. The van der Waals surface area contributed by atoms with Gasteiger partial charge in [0.2, 0.25) is 5.88 Å². The zero-order valence-corrected chi connectivity index (χ0v) is 22.0. The van der Waals surface area contributed by atoms with Gasteiger partial charge in [-0.1, -0.05) is 42.0 Å². The summed E-state index contributed by atoms with van der Waals surface area (Å²) >= 11 is 6.01. The highest BCUT2D eigenvalue weighted by molar-refractivity contribution is 6.30. The maximum Gasteiger partial charge on any atom is 0.332 e. The molecule has 5 rings (SSSR count). The predicted octanol–water partition coefficient (Wildman–Crippen LogP) is 5.12. The van der Waals surface area contributed by atoms with E-state index in [0.717, 1.165) is 48.3 Å². The van der Waals surface area contributed by atoms with E-state index in [-0.39, 0.29) is 0 Å². The molecule has 0 amide bonds. The number of hydrogen-bond donors (Lipinski definition) is 2. The van der Waals surface area contributed by atoms with E-state index in [9.17, 15) is 15.0 Å². The van der Waals surface area contributed by atoms with Crippen LogP contribution in [-0.4, -0.2) is 57.9 Å². The number of aliphatic hydroxyl groups is 1. The molecule has 1 aliphatic carbocycles. The smallest absolute Gasteiger partial charge is 0.332 e. The Balaban J connectivity index is 1.31. The molecule has 0 saturated carbocycles. The zero-order chi connectivity index (χ0) is 26.7. The molecule has 1 fully saturated rings. The normalized spacial score (nSPS) is 22.4. The van der Waals surface area contributed by atoms with Crippen LogP contribution in [-0.2, 0) is 15.1 Å².